The maximum absolute atomic E-state index is 11.9. The molecule has 0 bridgehead atoms. The molecule has 1 saturated heterocycles. The molecule has 6 nitrogen and oxygen atoms in total. The van der Waals surface area contributed by atoms with Gasteiger partial charge >= 0.3 is 0 Å². The minimum Gasteiger partial charge on any atom is -0.492 e. The summed E-state index contributed by atoms with van der Waals surface area (Å²) in [6, 6.07) is 7.96. The summed E-state index contributed by atoms with van der Waals surface area (Å²) in [5, 5.41) is 6.22. The topological polar surface area (TPSA) is 62.8 Å². The van der Waals surface area contributed by atoms with Crippen molar-refractivity contribution in [1.82, 2.24) is 15.5 Å². The monoisotopic (exact) mass is 393 g/mol. The predicted molar refractivity (Wildman–Crippen MR) is 104 cm³/mol. The van der Waals surface area contributed by atoms with Gasteiger partial charge in [0.1, 0.15) is 12.4 Å². The molecular weight excluding hydrogens is 365 g/mol. The number of morpholine rings is 1. The van der Waals surface area contributed by atoms with Gasteiger partial charge in [0, 0.05) is 32.1 Å². The average molecular weight is 394 g/mol. The van der Waals surface area contributed by atoms with Crippen molar-refractivity contribution in [2.24, 2.45) is 0 Å². The molecule has 1 amide bonds. The molecule has 1 aliphatic heterocycles. The summed E-state index contributed by atoms with van der Waals surface area (Å²) in [5.74, 6) is 0.893. The van der Waals surface area contributed by atoms with Crippen LogP contribution in [0, 0.1) is 0 Å². The summed E-state index contributed by atoms with van der Waals surface area (Å²) >= 11 is 0. The Morgan fingerprint density at radius 2 is 2.04 bits per heavy atom. The molecule has 1 aliphatic rings. The van der Waals surface area contributed by atoms with Crippen LogP contribution in [-0.2, 0) is 16.1 Å². The lowest BCUT2D eigenvalue weighted by molar-refractivity contribution is -0.122. The molecule has 144 valence electrons. The van der Waals surface area contributed by atoms with Crippen molar-refractivity contribution in [3.8, 4) is 5.75 Å². The van der Waals surface area contributed by atoms with Crippen molar-refractivity contribution in [2.75, 3.05) is 47.0 Å². The zero-order valence-electron chi connectivity index (χ0n) is 14.8. The van der Waals surface area contributed by atoms with Crippen LogP contribution in [-0.4, -0.2) is 63.9 Å². The highest BCUT2D eigenvalue weighted by Gasteiger charge is 2.16. The molecule has 8 heteroatoms. The van der Waals surface area contributed by atoms with Crippen LogP contribution < -0.4 is 15.4 Å². The number of ether oxygens (including phenoxy) is 2. The molecule has 1 aromatic rings. The van der Waals surface area contributed by atoms with Crippen molar-refractivity contribution >= 4 is 30.7 Å². The van der Waals surface area contributed by atoms with Gasteiger partial charge in [-0.05, 0) is 31.8 Å². The number of carbonyl (C=O) groups excluding carboxylic acids is 1. The van der Waals surface area contributed by atoms with Gasteiger partial charge in [0.2, 0.25) is 5.91 Å². The standard InChI is InChI=1S/C17H27N3O3.2ClH/c1-20(2)8-10-23-16-5-3-14(4-6-16)12-19-17(21)11-15-13-22-9-7-18-15;;/h3-6,15,18H,7-13H2,1-2H3,(H,19,21);2*1H. The van der Waals surface area contributed by atoms with Crippen molar-refractivity contribution < 1.29 is 14.3 Å². The van der Waals surface area contributed by atoms with E-state index in [1.54, 1.807) is 0 Å². The fraction of sp³-hybridized carbons (Fsp3) is 0.588. The molecule has 0 aromatic heterocycles. The summed E-state index contributed by atoms with van der Waals surface area (Å²) in [7, 11) is 4.04. The zero-order chi connectivity index (χ0) is 16.5. The van der Waals surface area contributed by atoms with Gasteiger partial charge < -0.3 is 25.0 Å². The molecule has 1 aromatic carbocycles. The molecule has 25 heavy (non-hydrogen) atoms. The molecule has 1 unspecified atom stereocenters. The summed E-state index contributed by atoms with van der Waals surface area (Å²) in [6.45, 7) is 4.22. The molecule has 0 radical (unpaired) electrons. The van der Waals surface area contributed by atoms with Crippen LogP contribution in [0.5, 0.6) is 5.75 Å². The van der Waals surface area contributed by atoms with Crippen LogP contribution >= 0.6 is 24.8 Å². The summed E-state index contributed by atoms with van der Waals surface area (Å²) in [4.78, 5) is 14.0. The molecule has 1 atom stereocenters. The molecule has 0 aliphatic carbocycles. The first-order chi connectivity index (χ1) is 11.1. The number of hydrogen-bond acceptors (Lipinski definition) is 5. The minimum absolute atomic E-state index is 0. The van der Waals surface area contributed by atoms with Gasteiger partial charge in [-0.1, -0.05) is 12.1 Å². The van der Waals surface area contributed by atoms with Crippen LogP contribution in [0.1, 0.15) is 12.0 Å². The van der Waals surface area contributed by atoms with Gasteiger partial charge in [-0.25, -0.2) is 0 Å². The van der Waals surface area contributed by atoms with Gasteiger partial charge in [0.05, 0.1) is 13.2 Å². The van der Waals surface area contributed by atoms with Gasteiger partial charge in [0.25, 0.3) is 0 Å². The Bertz CT molecular complexity index is 481. The smallest absolute Gasteiger partial charge is 0.221 e. The fourth-order valence-electron chi connectivity index (χ4n) is 2.30. The van der Waals surface area contributed by atoms with Crippen LogP contribution in [0.15, 0.2) is 24.3 Å². The number of rotatable bonds is 8. The van der Waals surface area contributed by atoms with Gasteiger partial charge in [-0.15, -0.1) is 24.8 Å². The quantitative estimate of drug-likeness (QED) is 0.699. The Morgan fingerprint density at radius 3 is 2.64 bits per heavy atom. The molecule has 0 saturated carbocycles. The second-order valence-electron chi connectivity index (χ2n) is 6.00. The lowest BCUT2D eigenvalue weighted by atomic mass is 10.1. The number of carbonyl (C=O) groups is 1. The molecule has 2 N–H and O–H groups in total. The summed E-state index contributed by atoms with van der Waals surface area (Å²) in [5.41, 5.74) is 1.06. The van der Waals surface area contributed by atoms with Crippen LogP contribution in [0.25, 0.3) is 0 Å². The fourth-order valence-corrected chi connectivity index (χ4v) is 2.30. The van der Waals surface area contributed by atoms with E-state index < -0.39 is 0 Å². The highest BCUT2D eigenvalue weighted by atomic mass is 35.5. The number of hydrogen-bond donors (Lipinski definition) is 2. The first-order valence-electron chi connectivity index (χ1n) is 8.08. The van der Waals surface area contributed by atoms with E-state index in [1.165, 1.54) is 0 Å². The number of amides is 1. The van der Waals surface area contributed by atoms with E-state index in [-0.39, 0.29) is 36.8 Å². The second-order valence-corrected chi connectivity index (χ2v) is 6.00. The highest BCUT2D eigenvalue weighted by molar-refractivity contribution is 5.85. The first-order valence-corrected chi connectivity index (χ1v) is 8.08. The lowest BCUT2D eigenvalue weighted by Gasteiger charge is -2.23. The Morgan fingerprint density at radius 1 is 1.32 bits per heavy atom. The number of nitrogens with zero attached hydrogens (tertiary/aromatic N) is 1. The Hall–Kier alpha value is -1.05. The molecule has 0 spiro atoms. The molecule has 1 heterocycles. The van der Waals surface area contributed by atoms with Crippen molar-refractivity contribution in [1.29, 1.82) is 0 Å². The van der Waals surface area contributed by atoms with E-state index in [9.17, 15) is 4.79 Å². The van der Waals surface area contributed by atoms with E-state index in [0.29, 0.717) is 26.2 Å². The summed E-state index contributed by atoms with van der Waals surface area (Å²) in [6.07, 6.45) is 0.450. The Labute approximate surface area is 162 Å². The SMILES string of the molecule is CN(C)CCOc1ccc(CNC(=O)CC2COCCN2)cc1.Cl.Cl. The highest BCUT2D eigenvalue weighted by Crippen LogP contribution is 2.12. The van der Waals surface area contributed by atoms with E-state index in [0.717, 1.165) is 31.0 Å². The second kappa shape index (κ2) is 13.2. The minimum atomic E-state index is 0. The van der Waals surface area contributed by atoms with Gasteiger partial charge in [-0.3, -0.25) is 4.79 Å². The third-order valence-electron chi connectivity index (χ3n) is 3.65. The van der Waals surface area contributed by atoms with E-state index in [2.05, 4.69) is 15.5 Å². The first kappa shape index (κ1) is 23.9. The molecule has 2 rings (SSSR count). The number of halogens is 2. The van der Waals surface area contributed by atoms with Gasteiger partial charge in [-0.2, -0.15) is 0 Å². The number of benzene rings is 1. The third-order valence-corrected chi connectivity index (χ3v) is 3.65. The van der Waals surface area contributed by atoms with E-state index >= 15 is 0 Å². The van der Waals surface area contributed by atoms with Crippen molar-refractivity contribution in [2.45, 2.75) is 19.0 Å². The van der Waals surface area contributed by atoms with Crippen molar-refractivity contribution in [3.63, 3.8) is 0 Å². The zero-order valence-corrected chi connectivity index (χ0v) is 16.5. The van der Waals surface area contributed by atoms with Crippen LogP contribution in [0.3, 0.4) is 0 Å². The number of likely N-dealkylation sites (N-methyl/N-ethyl adjacent to an activating group) is 1. The molecular formula is C17H29Cl2N3O3. The normalized spacial score (nSPS) is 16.5. The van der Waals surface area contributed by atoms with Crippen LogP contribution in [0.2, 0.25) is 0 Å². The molecule has 1 fully saturated rings. The predicted octanol–water partition coefficient (Wildman–Crippen LogP) is 1.47. The largest absolute Gasteiger partial charge is 0.492 e. The van der Waals surface area contributed by atoms with Gasteiger partial charge in [0.15, 0.2) is 0 Å². The average Bonchev–Trinajstić information content (AvgIpc) is 2.55. The summed E-state index contributed by atoms with van der Waals surface area (Å²) < 4.78 is 11.0. The van der Waals surface area contributed by atoms with Crippen molar-refractivity contribution in [3.05, 3.63) is 29.8 Å². The maximum atomic E-state index is 11.9. The third kappa shape index (κ3) is 9.87. The number of nitrogens with one attached hydrogen (secondary N) is 2. The van der Waals surface area contributed by atoms with Crippen LogP contribution in [0.4, 0.5) is 0 Å². The van der Waals surface area contributed by atoms with E-state index in [4.69, 9.17) is 9.47 Å². The van der Waals surface area contributed by atoms with E-state index in [1.807, 2.05) is 38.4 Å². The maximum Gasteiger partial charge on any atom is 0.221 e. The Kier molecular flexibility index (Phi) is 12.6. The Balaban J connectivity index is 0.00000288. The lowest BCUT2D eigenvalue weighted by Crippen LogP contribution is -2.44.